The summed E-state index contributed by atoms with van der Waals surface area (Å²) >= 11 is 0. The van der Waals surface area contributed by atoms with Crippen LogP contribution in [0.4, 0.5) is 0 Å². The van der Waals surface area contributed by atoms with E-state index in [1.807, 2.05) is 38.0 Å². The van der Waals surface area contributed by atoms with Crippen LogP contribution in [0.2, 0.25) is 0 Å². The van der Waals surface area contributed by atoms with Crippen molar-refractivity contribution < 1.29 is 15.7 Å². The number of aliphatic hydroxyl groups is 1. The Labute approximate surface area is 161 Å². The summed E-state index contributed by atoms with van der Waals surface area (Å²) in [5.74, 6) is 0.0700. The van der Waals surface area contributed by atoms with Gasteiger partial charge in [0.05, 0.1) is 30.8 Å². The Morgan fingerprint density at radius 2 is 2.11 bits per heavy atom. The number of carbonyl (C=O) groups excluding carboxylic acids is 1. The number of fused-ring (bicyclic) bond motifs is 1. The second-order valence-electron chi connectivity index (χ2n) is 6.09. The molecule has 0 saturated heterocycles. The molecule has 1 amide bonds. The second kappa shape index (κ2) is 9.09. The third-order valence-corrected chi connectivity index (χ3v) is 4.05. The molecule has 1 aliphatic heterocycles. The summed E-state index contributed by atoms with van der Waals surface area (Å²) in [6, 6.07) is 7.14. The van der Waals surface area contributed by atoms with Crippen LogP contribution in [-0.2, 0) is 0 Å². The average Bonchev–Trinajstić information content (AvgIpc) is 3.29. The molecule has 2 aromatic rings. The van der Waals surface area contributed by atoms with Crippen LogP contribution in [0.25, 0.3) is 11.0 Å². The van der Waals surface area contributed by atoms with E-state index < -0.39 is 0 Å². The van der Waals surface area contributed by atoms with Crippen LogP contribution in [0.5, 0.6) is 0 Å². The highest BCUT2D eigenvalue weighted by Crippen LogP contribution is 2.18. The number of amides is 1. The van der Waals surface area contributed by atoms with Crippen molar-refractivity contribution >= 4 is 16.9 Å². The highest BCUT2D eigenvalue weighted by atomic mass is 16.3. The molecule has 1 aromatic heterocycles. The Morgan fingerprint density at radius 3 is 2.78 bits per heavy atom. The average molecular weight is 371 g/mol. The summed E-state index contributed by atoms with van der Waals surface area (Å²) in [4.78, 5) is 12.4. The van der Waals surface area contributed by atoms with Gasteiger partial charge in [-0.05, 0) is 43.7 Å². The van der Waals surface area contributed by atoms with Crippen molar-refractivity contribution in [2.24, 2.45) is 0 Å². The molecule has 3 N–H and O–H groups in total. The molecule has 3 rings (SSSR count). The number of rotatable bonds is 5. The van der Waals surface area contributed by atoms with Crippen LogP contribution < -0.4 is 10.7 Å². The van der Waals surface area contributed by atoms with Gasteiger partial charge in [0.25, 0.3) is 5.91 Å². The van der Waals surface area contributed by atoms with Crippen LogP contribution in [0.1, 0.15) is 39.5 Å². The van der Waals surface area contributed by atoms with E-state index in [2.05, 4.69) is 17.3 Å². The van der Waals surface area contributed by atoms with Crippen molar-refractivity contribution in [2.75, 3.05) is 13.1 Å². The zero-order chi connectivity index (χ0) is 20.0. The van der Waals surface area contributed by atoms with Crippen LogP contribution >= 0.6 is 0 Å². The van der Waals surface area contributed by atoms with Crippen molar-refractivity contribution in [1.82, 2.24) is 15.8 Å². The van der Waals surface area contributed by atoms with Gasteiger partial charge in [-0.25, -0.2) is 5.43 Å². The van der Waals surface area contributed by atoms with E-state index in [1.165, 1.54) is 0 Å². The molecule has 0 saturated carbocycles. The molecule has 0 unspecified atom stereocenters. The number of carbonyl (C=O) groups is 1. The molecule has 0 atom stereocenters. The molecule has 0 fully saturated rings. The van der Waals surface area contributed by atoms with E-state index in [0.717, 1.165) is 27.8 Å². The summed E-state index contributed by atoms with van der Waals surface area (Å²) in [5.41, 5.74) is 6.81. The highest BCUT2D eigenvalue weighted by molar-refractivity contribution is 5.98. The molecular formula is C21H29N3O3. The molecule has 0 aliphatic carbocycles. The number of nitrogens with zero attached hydrogens (tertiary/aromatic N) is 1. The Hall–Kier alpha value is -2.99. The number of furan rings is 1. The van der Waals surface area contributed by atoms with Crippen molar-refractivity contribution in [3.05, 3.63) is 71.5 Å². The molecule has 27 heavy (non-hydrogen) atoms. The Bertz CT molecular complexity index is 895. The fourth-order valence-electron chi connectivity index (χ4n) is 2.70. The lowest BCUT2D eigenvalue weighted by atomic mass is 10.1. The first-order chi connectivity index (χ1) is 12.9. The quantitative estimate of drug-likeness (QED) is 0.533. The smallest absolute Gasteiger partial charge is 0.255 e. The normalized spacial score (nSPS) is 14.2. The van der Waals surface area contributed by atoms with Gasteiger partial charge in [0.15, 0.2) is 0 Å². The van der Waals surface area contributed by atoms with E-state index in [-0.39, 0.29) is 13.1 Å². The molecule has 0 spiro atoms. The van der Waals surface area contributed by atoms with E-state index in [4.69, 9.17) is 4.42 Å². The van der Waals surface area contributed by atoms with E-state index >= 15 is 0 Å². The summed E-state index contributed by atoms with van der Waals surface area (Å²) in [6.45, 7) is 12.3. The molecule has 0 bridgehead atoms. The maximum Gasteiger partial charge on any atom is 0.255 e. The van der Waals surface area contributed by atoms with E-state index in [9.17, 15) is 9.90 Å². The minimum absolute atomic E-state index is 0. The number of hydrazine groups is 1. The predicted molar refractivity (Wildman–Crippen MR) is 110 cm³/mol. The Kier molecular flexibility index (Phi) is 6.85. The van der Waals surface area contributed by atoms with Crippen LogP contribution in [0, 0.1) is 0 Å². The van der Waals surface area contributed by atoms with Crippen molar-refractivity contribution in [3.63, 3.8) is 0 Å². The summed E-state index contributed by atoms with van der Waals surface area (Å²) in [6.07, 6.45) is 3.42. The zero-order valence-electron chi connectivity index (χ0n) is 16.3. The molecule has 6 nitrogen and oxygen atoms in total. The van der Waals surface area contributed by atoms with Gasteiger partial charge in [0.2, 0.25) is 0 Å². The standard InChI is InChI=1S/C19H21N3O3.C2H6.H2/c1-12(2)17(13(3)23)11-22-10-16(9-20-22)21-19(24)15-4-5-18-14(8-15)6-7-25-18;1-2;/h4-8,10,20,23H,1,9,11H2,2-3H3,(H,21,24);1-2H3;1H/b17-13-;;. The molecule has 1 aromatic carbocycles. The highest BCUT2D eigenvalue weighted by Gasteiger charge is 2.17. The van der Waals surface area contributed by atoms with Crippen LogP contribution in [0.3, 0.4) is 0 Å². The topological polar surface area (TPSA) is 77.7 Å². The summed E-state index contributed by atoms with van der Waals surface area (Å²) < 4.78 is 5.28. The first-order valence-corrected chi connectivity index (χ1v) is 8.98. The van der Waals surface area contributed by atoms with Crippen molar-refractivity contribution in [2.45, 2.75) is 27.7 Å². The van der Waals surface area contributed by atoms with Crippen molar-refractivity contribution in [3.8, 4) is 0 Å². The number of aliphatic hydroxyl groups excluding tert-OH is 1. The molecule has 1 aliphatic rings. The fraction of sp³-hybridized carbons (Fsp3) is 0.286. The Balaban J connectivity index is 0.00000127. The third-order valence-electron chi connectivity index (χ3n) is 4.05. The lowest BCUT2D eigenvalue weighted by Gasteiger charge is -2.18. The van der Waals surface area contributed by atoms with Crippen LogP contribution in [0.15, 0.2) is 70.3 Å². The number of allylic oxidation sites excluding steroid dienone is 1. The van der Waals surface area contributed by atoms with E-state index in [1.54, 1.807) is 31.4 Å². The number of nitrogens with one attached hydrogen (secondary N) is 2. The maximum absolute atomic E-state index is 12.4. The van der Waals surface area contributed by atoms with Crippen LogP contribution in [-0.4, -0.2) is 29.1 Å². The first-order valence-electron chi connectivity index (χ1n) is 8.98. The lowest BCUT2D eigenvalue weighted by Crippen LogP contribution is -2.32. The summed E-state index contributed by atoms with van der Waals surface area (Å²) in [7, 11) is 0. The number of hydrogen-bond acceptors (Lipinski definition) is 5. The van der Waals surface area contributed by atoms with E-state index in [0.29, 0.717) is 18.7 Å². The number of benzene rings is 1. The molecule has 0 radical (unpaired) electrons. The molecule has 2 heterocycles. The SMILES string of the molecule is C=C(C)/C(CN1C=C(NC(=O)c2ccc3occc3c2)CN1)=C(/C)O.CC.[HH]. The molecular weight excluding hydrogens is 342 g/mol. The van der Waals surface area contributed by atoms with Gasteiger partial charge < -0.3 is 19.8 Å². The molecule has 6 heteroatoms. The third kappa shape index (κ3) is 5.01. The Morgan fingerprint density at radius 1 is 1.37 bits per heavy atom. The van der Waals surface area contributed by atoms with Gasteiger partial charge in [0, 0.05) is 24.1 Å². The van der Waals surface area contributed by atoms with Gasteiger partial charge in [-0.1, -0.05) is 20.4 Å². The van der Waals surface area contributed by atoms with Gasteiger partial charge in [0.1, 0.15) is 5.58 Å². The van der Waals surface area contributed by atoms with Gasteiger partial charge in [-0.3, -0.25) is 4.79 Å². The van der Waals surface area contributed by atoms with Crippen molar-refractivity contribution in [1.29, 1.82) is 0 Å². The lowest BCUT2D eigenvalue weighted by molar-refractivity contribution is 0.0965. The minimum atomic E-state index is -0.174. The second-order valence-corrected chi connectivity index (χ2v) is 6.09. The zero-order valence-corrected chi connectivity index (χ0v) is 16.3. The summed E-state index contributed by atoms with van der Waals surface area (Å²) in [5, 5.41) is 15.3. The molecule has 146 valence electrons. The predicted octanol–water partition coefficient (Wildman–Crippen LogP) is 4.50. The maximum atomic E-state index is 12.4. The first kappa shape index (κ1) is 20.3. The monoisotopic (exact) mass is 371 g/mol. The fourth-order valence-corrected chi connectivity index (χ4v) is 2.70. The largest absolute Gasteiger partial charge is 0.512 e. The minimum Gasteiger partial charge on any atom is -0.512 e. The van der Waals surface area contributed by atoms with Gasteiger partial charge in [-0.15, -0.1) is 0 Å². The van der Waals surface area contributed by atoms with Gasteiger partial charge >= 0.3 is 0 Å². The number of hydrogen-bond donors (Lipinski definition) is 3. The van der Waals surface area contributed by atoms with Gasteiger partial charge in [-0.2, -0.15) is 0 Å².